The molecule has 18 heavy (non-hydrogen) atoms. The fourth-order valence-corrected chi connectivity index (χ4v) is 1.81. The van der Waals surface area contributed by atoms with Crippen molar-refractivity contribution in [3.05, 3.63) is 0 Å². The number of hydrogen-bond acceptors (Lipinski definition) is 3. The van der Waals surface area contributed by atoms with Gasteiger partial charge < -0.3 is 9.64 Å². The number of carbonyl (C=O) groups is 2. The van der Waals surface area contributed by atoms with Gasteiger partial charge in [0.25, 0.3) is 0 Å². The summed E-state index contributed by atoms with van der Waals surface area (Å²) in [5.41, 5.74) is 0. The molecule has 104 valence electrons. The number of nitrogens with zero attached hydrogens (tertiary/aromatic N) is 1. The first-order chi connectivity index (χ1) is 8.33. The van der Waals surface area contributed by atoms with Crippen LogP contribution >= 0.6 is 0 Å². The Hall–Kier alpha value is -1.47. The Morgan fingerprint density at radius 1 is 1.44 bits per heavy atom. The van der Waals surface area contributed by atoms with Gasteiger partial charge in [0.1, 0.15) is 0 Å². The number of esters is 1. The average molecular weight is 268 g/mol. The van der Waals surface area contributed by atoms with Crippen molar-refractivity contribution in [2.24, 2.45) is 5.92 Å². The van der Waals surface area contributed by atoms with Crippen molar-refractivity contribution in [1.29, 1.82) is 0 Å². The summed E-state index contributed by atoms with van der Waals surface area (Å²) in [6.45, 7) is 2.03. The van der Waals surface area contributed by atoms with Gasteiger partial charge in [-0.3, -0.25) is 4.79 Å². The standard InChI is InChI=1S/C10H15F3N2O3/c1-2-18-8(16)7-4-3-5-15(6-7)9(17)14-10(11,12)13/h7H,2-6H2,1H3,(H,14,17). The van der Waals surface area contributed by atoms with E-state index in [1.54, 1.807) is 6.92 Å². The highest BCUT2D eigenvalue weighted by Crippen LogP contribution is 2.19. The van der Waals surface area contributed by atoms with Crippen LogP contribution in [0.3, 0.4) is 0 Å². The number of halogens is 3. The third kappa shape index (κ3) is 4.42. The van der Waals surface area contributed by atoms with Crippen LogP contribution in [-0.2, 0) is 9.53 Å². The van der Waals surface area contributed by atoms with E-state index in [1.807, 2.05) is 0 Å². The SMILES string of the molecule is CCOC(=O)C1CCCN(C(=O)NC(F)(F)F)C1. The molecular weight excluding hydrogens is 253 g/mol. The first-order valence-corrected chi connectivity index (χ1v) is 5.64. The molecule has 0 aromatic rings. The highest BCUT2D eigenvalue weighted by atomic mass is 19.4. The van der Waals surface area contributed by atoms with E-state index < -0.39 is 24.2 Å². The molecule has 1 unspecified atom stereocenters. The van der Waals surface area contributed by atoms with E-state index in [4.69, 9.17) is 4.74 Å². The summed E-state index contributed by atoms with van der Waals surface area (Å²) < 4.78 is 40.8. The zero-order valence-electron chi connectivity index (χ0n) is 9.92. The topological polar surface area (TPSA) is 58.6 Å². The highest BCUT2D eigenvalue weighted by Gasteiger charge is 2.35. The van der Waals surface area contributed by atoms with E-state index in [0.717, 1.165) is 10.2 Å². The van der Waals surface area contributed by atoms with Gasteiger partial charge in [0.05, 0.1) is 12.5 Å². The number of amides is 2. The lowest BCUT2D eigenvalue weighted by atomic mass is 9.98. The number of likely N-dealkylation sites (tertiary alicyclic amines) is 1. The van der Waals surface area contributed by atoms with Crippen molar-refractivity contribution in [1.82, 2.24) is 10.2 Å². The lowest BCUT2D eigenvalue weighted by molar-refractivity contribution is -0.150. The third-order valence-corrected chi connectivity index (χ3v) is 2.58. The molecule has 1 N–H and O–H groups in total. The van der Waals surface area contributed by atoms with Gasteiger partial charge in [0, 0.05) is 13.1 Å². The predicted octanol–water partition coefficient (Wildman–Crippen LogP) is 1.49. The maximum atomic E-state index is 12.0. The van der Waals surface area contributed by atoms with Crippen molar-refractivity contribution in [2.45, 2.75) is 26.1 Å². The number of carbonyl (C=O) groups excluding carboxylic acids is 2. The smallest absolute Gasteiger partial charge is 0.466 e. The Kier molecular flexibility index (Phi) is 4.80. The lowest BCUT2D eigenvalue weighted by Gasteiger charge is -2.31. The molecule has 2 amide bonds. The number of piperidine rings is 1. The zero-order valence-corrected chi connectivity index (χ0v) is 9.92. The predicted molar refractivity (Wildman–Crippen MR) is 55.5 cm³/mol. The second-order valence-electron chi connectivity index (χ2n) is 3.97. The van der Waals surface area contributed by atoms with E-state index in [9.17, 15) is 22.8 Å². The molecule has 1 heterocycles. The first kappa shape index (κ1) is 14.6. The summed E-state index contributed by atoms with van der Waals surface area (Å²) in [5.74, 6) is -1.01. The Bertz CT molecular complexity index is 320. The molecule has 5 nitrogen and oxygen atoms in total. The minimum absolute atomic E-state index is 0.0409. The summed E-state index contributed by atoms with van der Waals surface area (Å²) in [4.78, 5) is 23.7. The summed E-state index contributed by atoms with van der Waals surface area (Å²) in [6, 6.07) is -1.23. The van der Waals surface area contributed by atoms with Crippen LogP contribution in [0.5, 0.6) is 0 Å². The Morgan fingerprint density at radius 2 is 2.11 bits per heavy atom. The molecular formula is C10H15F3N2O3. The van der Waals surface area contributed by atoms with E-state index in [-0.39, 0.29) is 19.7 Å². The molecule has 0 aromatic heterocycles. The van der Waals surface area contributed by atoms with E-state index in [0.29, 0.717) is 12.8 Å². The molecule has 1 saturated heterocycles. The van der Waals surface area contributed by atoms with Crippen LogP contribution in [0.25, 0.3) is 0 Å². The molecule has 0 radical (unpaired) electrons. The molecule has 0 bridgehead atoms. The van der Waals surface area contributed by atoms with E-state index >= 15 is 0 Å². The Labute approximate surface area is 102 Å². The van der Waals surface area contributed by atoms with Gasteiger partial charge in [-0.2, -0.15) is 13.2 Å². The highest BCUT2D eigenvalue weighted by molar-refractivity contribution is 5.77. The van der Waals surface area contributed by atoms with E-state index in [2.05, 4.69) is 0 Å². The quantitative estimate of drug-likeness (QED) is 0.609. The van der Waals surface area contributed by atoms with Crippen LogP contribution in [0.15, 0.2) is 0 Å². The molecule has 0 saturated carbocycles. The van der Waals surface area contributed by atoms with Crippen molar-refractivity contribution in [3.8, 4) is 0 Å². The normalized spacial score (nSPS) is 20.4. The number of hydrogen-bond donors (Lipinski definition) is 1. The van der Waals surface area contributed by atoms with Crippen LogP contribution < -0.4 is 5.32 Å². The van der Waals surface area contributed by atoms with Crippen molar-refractivity contribution >= 4 is 12.0 Å². The molecule has 0 aliphatic carbocycles. The van der Waals surface area contributed by atoms with Crippen LogP contribution in [0.4, 0.5) is 18.0 Å². The molecule has 0 aromatic carbocycles. The number of urea groups is 1. The fraction of sp³-hybridized carbons (Fsp3) is 0.800. The van der Waals surface area contributed by atoms with Gasteiger partial charge in [-0.1, -0.05) is 0 Å². The number of rotatable bonds is 2. The minimum Gasteiger partial charge on any atom is -0.466 e. The number of ether oxygens (including phenoxy) is 1. The fourth-order valence-electron chi connectivity index (χ4n) is 1.81. The van der Waals surface area contributed by atoms with Gasteiger partial charge >= 0.3 is 18.3 Å². The largest absolute Gasteiger partial charge is 0.485 e. The molecule has 8 heteroatoms. The number of nitrogens with one attached hydrogen (secondary N) is 1. The molecule has 1 aliphatic heterocycles. The van der Waals surface area contributed by atoms with E-state index in [1.165, 1.54) is 0 Å². The summed E-state index contributed by atoms with van der Waals surface area (Å²) >= 11 is 0. The van der Waals surface area contributed by atoms with Gasteiger partial charge in [0.2, 0.25) is 0 Å². The molecule has 1 aliphatic rings. The van der Waals surface area contributed by atoms with Gasteiger partial charge in [-0.15, -0.1) is 0 Å². The monoisotopic (exact) mass is 268 g/mol. The Morgan fingerprint density at radius 3 is 2.67 bits per heavy atom. The minimum atomic E-state index is -4.76. The van der Waals surface area contributed by atoms with Crippen LogP contribution in [0.1, 0.15) is 19.8 Å². The Balaban J connectivity index is 2.53. The van der Waals surface area contributed by atoms with Crippen molar-refractivity contribution in [3.63, 3.8) is 0 Å². The summed E-state index contributed by atoms with van der Waals surface area (Å²) in [6.07, 6.45) is -3.75. The lowest BCUT2D eigenvalue weighted by Crippen LogP contribution is -2.51. The summed E-state index contributed by atoms with van der Waals surface area (Å²) in [5, 5.41) is 0.915. The molecule has 0 spiro atoms. The summed E-state index contributed by atoms with van der Waals surface area (Å²) in [7, 11) is 0. The molecule has 1 fully saturated rings. The van der Waals surface area contributed by atoms with Gasteiger partial charge in [0.15, 0.2) is 0 Å². The average Bonchev–Trinajstić information content (AvgIpc) is 2.27. The molecule has 1 atom stereocenters. The van der Waals surface area contributed by atoms with Gasteiger partial charge in [-0.25, -0.2) is 10.1 Å². The second-order valence-corrected chi connectivity index (χ2v) is 3.97. The second kappa shape index (κ2) is 5.92. The van der Waals surface area contributed by atoms with Crippen LogP contribution in [0.2, 0.25) is 0 Å². The molecule has 1 rings (SSSR count). The first-order valence-electron chi connectivity index (χ1n) is 5.64. The van der Waals surface area contributed by atoms with Crippen LogP contribution in [-0.4, -0.2) is 42.9 Å². The van der Waals surface area contributed by atoms with Crippen molar-refractivity contribution in [2.75, 3.05) is 19.7 Å². The number of alkyl halides is 3. The maximum absolute atomic E-state index is 12.0. The van der Waals surface area contributed by atoms with Gasteiger partial charge in [-0.05, 0) is 19.8 Å². The third-order valence-electron chi connectivity index (χ3n) is 2.58. The van der Waals surface area contributed by atoms with Crippen molar-refractivity contribution < 1.29 is 27.5 Å². The maximum Gasteiger partial charge on any atom is 0.485 e. The zero-order chi connectivity index (χ0) is 13.8. The van der Waals surface area contributed by atoms with Crippen LogP contribution in [0, 0.1) is 5.92 Å².